The van der Waals surface area contributed by atoms with Gasteiger partial charge in [-0.25, -0.2) is 4.79 Å². The van der Waals surface area contributed by atoms with E-state index in [1.54, 1.807) is 0 Å². The maximum absolute atomic E-state index is 12.8. The number of carbonyl (C=O) groups excluding carboxylic acids is 2. The van der Waals surface area contributed by atoms with Crippen LogP contribution in [-0.4, -0.2) is 71.9 Å². The SMILES string of the molecule is CNC(=O)c1cc(C(=O)NCCCC2CN(C(=O)O)CCO2)cn(Cc2ccccc2)c1=O. The molecule has 3 N–H and O–H groups in total. The second-order valence-corrected chi connectivity index (χ2v) is 7.76. The Bertz CT molecular complexity index is 1050. The molecule has 1 saturated heterocycles. The van der Waals surface area contributed by atoms with Crippen LogP contribution in [-0.2, 0) is 11.3 Å². The van der Waals surface area contributed by atoms with Crippen LogP contribution in [0.5, 0.6) is 0 Å². The van der Waals surface area contributed by atoms with Crippen LogP contribution in [0.25, 0.3) is 0 Å². The number of hydrogen-bond acceptors (Lipinski definition) is 5. The number of aromatic nitrogens is 1. The topological polar surface area (TPSA) is 130 Å². The maximum Gasteiger partial charge on any atom is 0.407 e. The van der Waals surface area contributed by atoms with Crippen molar-refractivity contribution in [3.63, 3.8) is 0 Å². The monoisotopic (exact) mass is 456 g/mol. The van der Waals surface area contributed by atoms with Crippen molar-refractivity contribution in [1.82, 2.24) is 20.1 Å². The number of rotatable bonds is 8. The molecule has 0 radical (unpaired) electrons. The summed E-state index contributed by atoms with van der Waals surface area (Å²) in [7, 11) is 1.43. The molecule has 1 aromatic heterocycles. The van der Waals surface area contributed by atoms with Crippen LogP contribution in [0, 0.1) is 0 Å². The minimum Gasteiger partial charge on any atom is -0.465 e. The summed E-state index contributed by atoms with van der Waals surface area (Å²) in [4.78, 5) is 50.1. The molecule has 2 aromatic rings. The molecule has 2 heterocycles. The van der Waals surface area contributed by atoms with E-state index in [1.165, 1.54) is 28.8 Å². The van der Waals surface area contributed by atoms with Gasteiger partial charge in [-0.2, -0.15) is 0 Å². The molecule has 1 aromatic carbocycles. The molecule has 33 heavy (non-hydrogen) atoms. The zero-order valence-corrected chi connectivity index (χ0v) is 18.5. The first-order valence-corrected chi connectivity index (χ1v) is 10.8. The fourth-order valence-electron chi connectivity index (χ4n) is 3.66. The molecule has 0 saturated carbocycles. The molecule has 0 spiro atoms. The smallest absolute Gasteiger partial charge is 0.407 e. The number of ether oxygens (including phenoxy) is 1. The lowest BCUT2D eigenvalue weighted by atomic mass is 10.1. The zero-order valence-electron chi connectivity index (χ0n) is 18.5. The lowest BCUT2D eigenvalue weighted by Crippen LogP contribution is -2.45. The first-order valence-electron chi connectivity index (χ1n) is 10.8. The first kappa shape index (κ1) is 24.0. The Morgan fingerprint density at radius 1 is 1.18 bits per heavy atom. The van der Waals surface area contributed by atoms with Crippen LogP contribution >= 0.6 is 0 Å². The lowest BCUT2D eigenvalue weighted by molar-refractivity contribution is -0.0259. The van der Waals surface area contributed by atoms with Gasteiger partial charge in [-0.3, -0.25) is 14.4 Å². The summed E-state index contributed by atoms with van der Waals surface area (Å²) in [5, 5.41) is 14.3. The van der Waals surface area contributed by atoms with Crippen LogP contribution in [0.3, 0.4) is 0 Å². The first-order chi connectivity index (χ1) is 15.9. The van der Waals surface area contributed by atoms with Gasteiger partial charge < -0.3 is 29.9 Å². The summed E-state index contributed by atoms with van der Waals surface area (Å²) in [5.41, 5.74) is 0.482. The summed E-state index contributed by atoms with van der Waals surface area (Å²) in [6, 6.07) is 10.6. The normalized spacial score (nSPS) is 15.7. The largest absolute Gasteiger partial charge is 0.465 e. The van der Waals surface area contributed by atoms with Crippen molar-refractivity contribution < 1.29 is 24.2 Å². The summed E-state index contributed by atoms with van der Waals surface area (Å²) >= 11 is 0. The second kappa shape index (κ2) is 11.3. The maximum atomic E-state index is 12.8. The number of nitrogens with zero attached hydrogens (tertiary/aromatic N) is 2. The van der Waals surface area contributed by atoms with Gasteiger partial charge in [0, 0.05) is 26.3 Å². The van der Waals surface area contributed by atoms with Gasteiger partial charge in [0.25, 0.3) is 17.4 Å². The minimum absolute atomic E-state index is 0.106. The highest BCUT2D eigenvalue weighted by Gasteiger charge is 2.23. The van der Waals surface area contributed by atoms with E-state index in [2.05, 4.69) is 10.6 Å². The van der Waals surface area contributed by atoms with Crippen molar-refractivity contribution in [3.8, 4) is 0 Å². The molecular formula is C23H28N4O6. The average molecular weight is 456 g/mol. The van der Waals surface area contributed by atoms with Crippen LogP contribution in [0.1, 0.15) is 39.1 Å². The molecule has 10 nitrogen and oxygen atoms in total. The summed E-state index contributed by atoms with van der Waals surface area (Å²) < 4.78 is 6.94. The van der Waals surface area contributed by atoms with Gasteiger partial charge in [-0.05, 0) is 24.5 Å². The zero-order chi connectivity index (χ0) is 23.8. The van der Waals surface area contributed by atoms with Gasteiger partial charge >= 0.3 is 6.09 Å². The highest BCUT2D eigenvalue weighted by atomic mass is 16.5. The highest BCUT2D eigenvalue weighted by Crippen LogP contribution is 2.11. The Morgan fingerprint density at radius 3 is 2.64 bits per heavy atom. The van der Waals surface area contributed by atoms with Crippen molar-refractivity contribution in [2.24, 2.45) is 0 Å². The van der Waals surface area contributed by atoms with Gasteiger partial charge in [-0.15, -0.1) is 0 Å². The Morgan fingerprint density at radius 2 is 1.94 bits per heavy atom. The Labute approximate surface area is 191 Å². The molecule has 1 aliphatic rings. The molecule has 1 unspecified atom stereocenters. The number of nitrogens with one attached hydrogen (secondary N) is 2. The number of carbonyl (C=O) groups is 3. The van der Waals surface area contributed by atoms with E-state index in [0.717, 1.165) is 5.56 Å². The standard InChI is InChI=1S/C23H28N4O6/c1-24-21(29)19-12-17(14-27(22(19)30)13-16-6-3-2-4-7-16)20(28)25-9-5-8-18-15-26(23(31)32)10-11-33-18/h2-4,6-7,12,14,18H,5,8-11,13,15H2,1H3,(H,24,29)(H,25,28)(H,31,32). The van der Waals surface area contributed by atoms with E-state index in [1.807, 2.05) is 30.3 Å². The van der Waals surface area contributed by atoms with Crippen LogP contribution in [0.2, 0.25) is 0 Å². The van der Waals surface area contributed by atoms with Crippen molar-refractivity contribution in [3.05, 3.63) is 69.6 Å². The van der Waals surface area contributed by atoms with E-state index in [9.17, 15) is 19.2 Å². The van der Waals surface area contributed by atoms with Gasteiger partial charge in [0.2, 0.25) is 0 Å². The van der Waals surface area contributed by atoms with Crippen molar-refractivity contribution >= 4 is 17.9 Å². The quantitative estimate of drug-likeness (QED) is 0.511. The third kappa shape index (κ3) is 6.42. The summed E-state index contributed by atoms with van der Waals surface area (Å²) in [5.74, 6) is -0.965. The summed E-state index contributed by atoms with van der Waals surface area (Å²) in [6.45, 7) is 1.59. The summed E-state index contributed by atoms with van der Waals surface area (Å²) in [6.07, 6.45) is 1.47. The van der Waals surface area contributed by atoms with Crippen molar-refractivity contribution in [1.29, 1.82) is 0 Å². The molecule has 1 aliphatic heterocycles. The molecule has 1 fully saturated rings. The van der Waals surface area contributed by atoms with E-state index in [0.29, 0.717) is 39.1 Å². The van der Waals surface area contributed by atoms with E-state index >= 15 is 0 Å². The van der Waals surface area contributed by atoms with Crippen molar-refractivity contribution in [2.45, 2.75) is 25.5 Å². The Kier molecular flexibility index (Phi) is 8.20. The molecule has 1 atom stereocenters. The van der Waals surface area contributed by atoms with Crippen molar-refractivity contribution in [2.75, 3.05) is 33.3 Å². The number of amides is 3. The molecule has 0 bridgehead atoms. The van der Waals surface area contributed by atoms with E-state index in [4.69, 9.17) is 9.84 Å². The van der Waals surface area contributed by atoms with Gasteiger partial charge in [-0.1, -0.05) is 30.3 Å². The highest BCUT2D eigenvalue weighted by molar-refractivity contribution is 5.99. The Balaban J connectivity index is 1.65. The molecular weight excluding hydrogens is 428 g/mol. The second-order valence-electron chi connectivity index (χ2n) is 7.76. The third-order valence-electron chi connectivity index (χ3n) is 5.41. The number of morpholine rings is 1. The number of pyridine rings is 1. The minimum atomic E-state index is -0.964. The molecule has 3 rings (SSSR count). The predicted molar refractivity (Wildman–Crippen MR) is 121 cm³/mol. The third-order valence-corrected chi connectivity index (χ3v) is 5.41. The van der Waals surface area contributed by atoms with Gasteiger partial charge in [0.1, 0.15) is 5.56 Å². The van der Waals surface area contributed by atoms with E-state index < -0.39 is 23.5 Å². The predicted octanol–water partition coefficient (Wildman–Crippen LogP) is 1.15. The van der Waals surface area contributed by atoms with Gasteiger partial charge in [0.05, 0.1) is 31.4 Å². The fourth-order valence-corrected chi connectivity index (χ4v) is 3.66. The number of hydrogen-bond donors (Lipinski definition) is 3. The number of carboxylic acid groups (broad SMARTS) is 1. The molecule has 3 amide bonds. The van der Waals surface area contributed by atoms with Gasteiger partial charge in [0.15, 0.2) is 0 Å². The van der Waals surface area contributed by atoms with Crippen LogP contribution in [0.4, 0.5) is 4.79 Å². The average Bonchev–Trinajstić information content (AvgIpc) is 2.83. The fraction of sp³-hybridized carbons (Fsp3) is 0.391. The number of benzene rings is 1. The van der Waals surface area contributed by atoms with Crippen LogP contribution < -0.4 is 16.2 Å². The molecule has 10 heteroatoms. The van der Waals surface area contributed by atoms with Crippen LogP contribution in [0.15, 0.2) is 47.4 Å². The van der Waals surface area contributed by atoms with E-state index in [-0.39, 0.29) is 23.8 Å². The lowest BCUT2D eigenvalue weighted by Gasteiger charge is -2.31. The Hall–Kier alpha value is -3.66. The molecule has 176 valence electrons. The molecule has 0 aliphatic carbocycles.